The number of benzene rings is 1. The molecule has 102 valence electrons. The zero-order valence-electron chi connectivity index (χ0n) is 10.7. The number of hydrogen-bond acceptors (Lipinski definition) is 3. The molecular formula is C14H15F2NO2. The number of ether oxygens (including phenoxy) is 1. The first kappa shape index (κ1) is 13.7. The molecule has 1 unspecified atom stereocenters. The van der Waals surface area contributed by atoms with E-state index in [1.807, 2.05) is 0 Å². The predicted octanol–water partition coefficient (Wildman–Crippen LogP) is 3.06. The van der Waals surface area contributed by atoms with Crippen LogP contribution in [0.2, 0.25) is 0 Å². The number of rotatable bonds is 4. The minimum Gasteiger partial charge on any atom is -0.462 e. The van der Waals surface area contributed by atoms with Crippen LogP contribution in [0.4, 0.5) is 8.78 Å². The summed E-state index contributed by atoms with van der Waals surface area (Å²) in [6.45, 7) is 1.88. The van der Waals surface area contributed by atoms with Crippen molar-refractivity contribution in [2.75, 3.05) is 7.11 Å². The summed E-state index contributed by atoms with van der Waals surface area (Å²) < 4.78 is 37.3. The van der Waals surface area contributed by atoms with Gasteiger partial charge in [-0.15, -0.1) is 0 Å². The van der Waals surface area contributed by atoms with Gasteiger partial charge in [-0.1, -0.05) is 0 Å². The lowest BCUT2D eigenvalue weighted by atomic mass is 10.0. The van der Waals surface area contributed by atoms with Crippen LogP contribution in [0.15, 0.2) is 28.7 Å². The summed E-state index contributed by atoms with van der Waals surface area (Å²) in [6, 6.07) is 4.84. The Kier molecular flexibility index (Phi) is 3.97. The second-order valence-corrected chi connectivity index (χ2v) is 4.34. The van der Waals surface area contributed by atoms with Gasteiger partial charge in [-0.2, -0.15) is 0 Å². The molecule has 0 aliphatic rings. The molecule has 2 N–H and O–H groups in total. The molecule has 1 aromatic heterocycles. The molecule has 0 spiro atoms. The first-order chi connectivity index (χ1) is 9.02. The van der Waals surface area contributed by atoms with Gasteiger partial charge in [-0.3, -0.25) is 0 Å². The second-order valence-electron chi connectivity index (χ2n) is 4.34. The first-order valence-electron chi connectivity index (χ1n) is 5.81. The highest BCUT2D eigenvalue weighted by molar-refractivity contribution is 5.32. The van der Waals surface area contributed by atoms with Crippen LogP contribution in [-0.4, -0.2) is 7.11 Å². The Balaban J connectivity index is 2.32. The Bertz CT molecular complexity index is 581. The molecule has 5 heteroatoms. The summed E-state index contributed by atoms with van der Waals surface area (Å²) in [5, 5.41) is 0. The van der Waals surface area contributed by atoms with Gasteiger partial charge in [0.1, 0.15) is 29.8 Å². The van der Waals surface area contributed by atoms with E-state index >= 15 is 0 Å². The summed E-state index contributed by atoms with van der Waals surface area (Å²) in [4.78, 5) is 0. The molecule has 0 fully saturated rings. The Hall–Kier alpha value is -1.72. The van der Waals surface area contributed by atoms with Gasteiger partial charge in [-0.05, 0) is 30.7 Å². The van der Waals surface area contributed by atoms with E-state index in [1.165, 1.54) is 6.07 Å². The summed E-state index contributed by atoms with van der Waals surface area (Å²) in [6.07, 6.45) is 0. The average molecular weight is 267 g/mol. The first-order valence-corrected chi connectivity index (χ1v) is 5.81. The van der Waals surface area contributed by atoms with Gasteiger partial charge in [0.15, 0.2) is 0 Å². The van der Waals surface area contributed by atoms with E-state index in [9.17, 15) is 8.78 Å². The second kappa shape index (κ2) is 5.50. The Labute approximate surface area is 110 Å². The maximum atomic E-state index is 13.7. The van der Waals surface area contributed by atoms with Crippen molar-refractivity contribution in [3.63, 3.8) is 0 Å². The van der Waals surface area contributed by atoms with Gasteiger partial charge in [0.05, 0.1) is 6.04 Å². The Morgan fingerprint density at radius 2 is 2.00 bits per heavy atom. The highest BCUT2D eigenvalue weighted by Gasteiger charge is 2.19. The van der Waals surface area contributed by atoms with Crippen LogP contribution < -0.4 is 5.73 Å². The zero-order chi connectivity index (χ0) is 14.0. The maximum Gasteiger partial charge on any atom is 0.131 e. The number of nitrogens with two attached hydrogens (primary N) is 1. The molecule has 3 nitrogen and oxygen atoms in total. The lowest BCUT2D eigenvalue weighted by Crippen LogP contribution is -2.13. The minimum atomic E-state index is -0.773. The Morgan fingerprint density at radius 1 is 1.26 bits per heavy atom. The van der Waals surface area contributed by atoms with E-state index in [0.29, 0.717) is 23.7 Å². The van der Waals surface area contributed by atoms with Crippen LogP contribution in [0.25, 0.3) is 0 Å². The molecule has 0 amide bonds. The van der Waals surface area contributed by atoms with E-state index in [2.05, 4.69) is 0 Å². The fourth-order valence-electron chi connectivity index (χ4n) is 1.85. The number of furan rings is 1. The van der Waals surface area contributed by atoms with Crippen LogP contribution in [0.1, 0.15) is 28.7 Å². The smallest absolute Gasteiger partial charge is 0.131 e. The molecular weight excluding hydrogens is 252 g/mol. The van der Waals surface area contributed by atoms with Crippen LogP contribution in [0, 0.1) is 18.6 Å². The normalized spacial score (nSPS) is 12.7. The van der Waals surface area contributed by atoms with Crippen molar-refractivity contribution in [3.8, 4) is 0 Å². The standard InChI is InChI=1S/C14H15F2NO2/c1-8-5-10(12(16)6-11(8)15)14(17)13-4-3-9(19-13)7-18-2/h3-6,14H,7,17H2,1-2H3. The monoisotopic (exact) mass is 267 g/mol. The summed E-state index contributed by atoms with van der Waals surface area (Å²) >= 11 is 0. The van der Waals surface area contributed by atoms with Crippen LogP contribution in [0.3, 0.4) is 0 Å². The van der Waals surface area contributed by atoms with E-state index in [0.717, 1.165) is 6.07 Å². The van der Waals surface area contributed by atoms with Crippen LogP contribution in [-0.2, 0) is 11.3 Å². The third-order valence-corrected chi connectivity index (χ3v) is 2.89. The molecule has 0 bridgehead atoms. The van der Waals surface area contributed by atoms with Gasteiger partial charge in [0.25, 0.3) is 0 Å². The summed E-state index contributed by atoms with van der Waals surface area (Å²) in [5.74, 6) is -0.252. The third-order valence-electron chi connectivity index (χ3n) is 2.89. The topological polar surface area (TPSA) is 48.4 Å². The van der Waals surface area contributed by atoms with E-state index < -0.39 is 17.7 Å². The van der Waals surface area contributed by atoms with Gasteiger partial charge >= 0.3 is 0 Å². The SMILES string of the molecule is COCc1ccc(C(N)c2cc(C)c(F)cc2F)o1. The molecule has 1 atom stereocenters. The molecule has 19 heavy (non-hydrogen) atoms. The van der Waals surface area contributed by atoms with Gasteiger partial charge in [-0.25, -0.2) is 8.78 Å². The van der Waals surface area contributed by atoms with Crippen LogP contribution in [0.5, 0.6) is 0 Å². The van der Waals surface area contributed by atoms with Crippen molar-refractivity contribution < 1.29 is 17.9 Å². The summed E-state index contributed by atoms with van der Waals surface area (Å²) in [7, 11) is 1.55. The lowest BCUT2D eigenvalue weighted by Gasteiger charge is -2.12. The predicted molar refractivity (Wildman–Crippen MR) is 66.5 cm³/mol. The molecule has 1 heterocycles. The van der Waals surface area contributed by atoms with Crippen molar-refractivity contribution >= 4 is 0 Å². The number of aryl methyl sites for hydroxylation is 1. The molecule has 0 aliphatic heterocycles. The molecule has 0 radical (unpaired) electrons. The molecule has 2 rings (SSSR count). The quantitative estimate of drug-likeness (QED) is 0.926. The molecule has 0 aliphatic carbocycles. The van der Waals surface area contributed by atoms with Crippen molar-refractivity contribution in [2.45, 2.75) is 19.6 Å². The van der Waals surface area contributed by atoms with Gasteiger partial charge in [0.2, 0.25) is 0 Å². The lowest BCUT2D eigenvalue weighted by molar-refractivity contribution is 0.162. The van der Waals surface area contributed by atoms with E-state index in [1.54, 1.807) is 26.2 Å². The van der Waals surface area contributed by atoms with Crippen molar-refractivity contribution in [1.29, 1.82) is 0 Å². The molecule has 1 aromatic carbocycles. The fourth-order valence-corrected chi connectivity index (χ4v) is 1.85. The average Bonchev–Trinajstić information content (AvgIpc) is 2.82. The minimum absolute atomic E-state index is 0.206. The van der Waals surface area contributed by atoms with E-state index in [4.69, 9.17) is 14.9 Å². The third kappa shape index (κ3) is 2.83. The van der Waals surface area contributed by atoms with Crippen molar-refractivity contribution in [2.24, 2.45) is 5.73 Å². The number of hydrogen-bond donors (Lipinski definition) is 1. The van der Waals surface area contributed by atoms with Crippen molar-refractivity contribution in [1.82, 2.24) is 0 Å². The van der Waals surface area contributed by atoms with Crippen LogP contribution >= 0.6 is 0 Å². The highest BCUT2D eigenvalue weighted by atomic mass is 19.1. The fraction of sp³-hybridized carbons (Fsp3) is 0.286. The molecule has 0 saturated carbocycles. The Morgan fingerprint density at radius 3 is 2.68 bits per heavy atom. The van der Waals surface area contributed by atoms with Gasteiger partial charge < -0.3 is 14.9 Å². The van der Waals surface area contributed by atoms with Crippen molar-refractivity contribution in [3.05, 3.63) is 58.5 Å². The number of halogens is 2. The van der Waals surface area contributed by atoms with Gasteiger partial charge in [0, 0.05) is 18.7 Å². The largest absolute Gasteiger partial charge is 0.462 e. The van der Waals surface area contributed by atoms with E-state index in [-0.39, 0.29) is 5.56 Å². The molecule has 0 saturated heterocycles. The zero-order valence-corrected chi connectivity index (χ0v) is 10.7. The molecule has 2 aromatic rings. The maximum absolute atomic E-state index is 13.7. The summed E-state index contributed by atoms with van der Waals surface area (Å²) in [5.41, 5.74) is 6.50. The highest BCUT2D eigenvalue weighted by Crippen LogP contribution is 2.26. The number of methoxy groups -OCH3 is 1.